The first-order valence-electron chi connectivity index (χ1n) is 6.34. The van der Waals surface area contributed by atoms with E-state index in [0.29, 0.717) is 17.6 Å². The third-order valence-corrected chi connectivity index (χ3v) is 3.32. The van der Waals surface area contributed by atoms with Crippen molar-refractivity contribution in [2.75, 3.05) is 18.4 Å². The number of hydrogen-bond acceptors (Lipinski definition) is 4. The number of aromatic carboxylic acids is 1. The van der Waals surface area contributed by atoms with Gasteiger partial charge in [0.2, 0.25) is 5.91 Å². The quantitative estimate of drug-likeness (QED) is 0.827. The first-order chi connectivity index (χ1) is 9.40. The van der Waals surface area contributed by atoms with Gasteiger partial charge in [-0.1, -0.05) is 0 Å². The standard InChI is InChI=1S/C13H18BrN3O3/c1-4-17(5-2)12(18)8(3)16-11-10(13(19)20)6-9(14)7-15-11/h6-8H,4-5H2,1-3H3,(H,15,16)(H,19,20). The fourth-order valence-electron chi connectivity index (χ4n) is 1.79. The molecular weight excluding hydrogens is 326 g/mol. The van der Waals surface area contributed by atoms with E-state index >= 15 is 0 Å². The van der Waals surface area contributed by atoms with E-state index in [-0.39, 0.29) is 17.3 Å². The van der Waals surface area contributed by atoms with Crippen LogP contribution in [0.3, 0.4) is 0 Å². The molecule has 0 bridgehead atoms. The molecule has 0 radical (unpaired) electrons. The normalized spacial score (nSPS) is 11.8. The minimum atomic E-state index is -1.09. The first-order valence-corrected chi connectivity index (χ1v) is 7.14. The van der Waals surface area contributed by atoms with Crippen molar-refractivity contribution >= 4 is 33.6 Å². The van der Waals surface area contributed by atoms with Crippen LogP contribution in [-0.4, -0.2) is 46.0 Å². The fourth-order valence-corrected chi connectivity index (χ4v) is 2.12. The molecule has 20 heavy (non-hydrogen) atoms. The summed E-state index contributed by atoms with van der Waals surface area (Å²) in [5, 5.41) is 12.0. The van der Waals surface area contributed by atoms with Gasteiger partial charge in [0.15, 0.2) is 0 Å². The summed E-state index contributed by atoms with van der Waals surface area (Å²) >= 11 is 3.18. The average Bonchev–Trinajstić information content (AvgIpc) is 2.41. The largest absolute Gasteiger partial charge is 0.478 e. The van der Waals surface area contributed by atoms with Gasteiger partial charge in [-0.3, -0.25) is 4.79 Å². The van der Waals surface area contributed by atoms with Gasteiger partial charge in [-0.2, -0.15) is 0 Å². The molecule has 110 valence electrons. The lowest BCUT2D eigenvalue weighted by Gasteiger charge is -2.24. The third kappa shape index (κ3) is 3.93. The number of rotatable bonds is 6. The molecule has 1 amide bonds. The van der Waals surface area contributed by atoms with Gasteiger partial charge in [-0.05, 0) is 42.8 Å². The van der Waals surface area contributed by atoms with Gasteiger partial charge < -0.3 is 15.3 Å². The Hall–Kier alpha value is -1.63. The van der Waals surface area contributed by atoms with Crippen molar-refractivity contribution in [2.45, 2.75) is 26.8 Å². The zero-order valence-corrected chi connectivity index (χ0v) is 13.3. The van der Waals surface area contributed by atoms with Crippen molar-refractivity contribution in [1.29, 1.82) is 0 Å². The summed E-state index contributed by atoms with van der Waals surface area (Å²) in [5.41, 5.74) is 0.0265. The molecule has 1 heterocycles. The van der Waals surface area contributed by atoms with E-state index in [4.69, 9.17) is 5.11 Å². The number of pyridine rings is 1. The molecule has 0 spiro atoms. The lowest BCUT2D eigenvalue weighted by atomic mass is 10.2. The molecule has 0 aromatic carbocycles. The summed E-state index contributed by atoms with van der Waals surface area (Å²) < 4.78 is 0.572. The Morgan fingerprint density at radius 2 is 2.05 bits per heavy atom. The second-order valence-corrected chi connectivity index (χ2v) is 5.15. The van der Waals surface area contributed by atoms with Crippen molar-refractivity contribution in [3.63, 3.8) is 0 Å². The van der Waals surface area contributed by atoms with Crippen LogP contribution < -0.4 is 5.32 Å². The van der Waals surface area contributed by atoms with E-state index in [1.807, 2.05) is 13.8 Å². The molecule has 0 aliphatic heterocycles. The highest BCUT2D eigenvalue weighted by molar-refractivity contribution is 9.10. The van der Waals surface area contributed by atoms with E-state index < -0.39 is 12.0 Å². The number of halogens is 1. The fraction of sp³-hybridized carbons (Fsp3) is 0.462. The van der Waals surface area contributed by atoms with Crippen LogP contribution in [0, 0.1) is 0 Å². The maximum Gasteiger partial charge on any atom is 0.339 e. The number of carboxylic acid groups (broad SMARTS) is 1. The van der Waals surface area contributed by atoms with Gasteiger partial charge in [-0.25, -0.2) is 9.78 Å². The van der Waals surface area contributed by atoms with Crippen LogP contribution in [0.2, 0.25) is 0 Å². The predicted molar refractivity (Wildman–Crippen MR) is 79.9 cm³/mol. The molecule has 0 aliphatic rings. The number of nitrogens with zero attached hydrogens (tertiary/aromatic N) is 2. The Balaban J connectivity index is 2.93. The molecule has 6 nitrogen and oxygen atoms in total. The smallest absolute Gasteiger partial charge is 0.339 e. The molecule has 0 saturated heterocycles. The van der Waals surface area contributed by atoms with E-state index in [1.165, 1.54) is 12.3 Å². The van der Waals surface area contributed by atoms with Gasteiger partial charge >= 0.3 is 5.97 Å². The Morgan fingerprint density at radius 3 is 2.55 bits per heavy atom. The molecule has 2 N–H and O–H groups in total. The summed E-state index contributed by atoms with van der Waals surface area (Å²) in [4.78, 5) is 29.0. The van der Waals surface area contributed by atoms with Crippen LogP contribution in [0.15, 0.2) is 16.7 Å². The Kier molecular flexibility index (Phi) is 5.94. The van der Waals surface area contributed by atoms with Crippen LogP contribution in [0.25, 0.3) is 0 Å². The van der Waals surface area contributed by atoms with Crippen molar-refractivity contribution in [3.05, 3.63) is 22.3 Å². The van der Waals surface area contributed by atoms with Gasteiger partial charge in [0.1, 0.15) is 17.4 Å². The van der Waals surface area contributed by atoms with Crippen molar-refractivity contribution < 1.29 is 14.7 Å². The highest BCUT2D eigenvalue weighted by atomic mass is 79.9. The molecule has 1 unspecified atom stereocenters. The first kappa shape index (κ1) is 16.4. The van der Waals surface area contributed by atoms with Gasteiger partial charge in [0.25, 0.3) is 0 Å². The molecule has 1 rings (SSSR count). The van der Waals surface area contributed by atoms with E-state index in [0.717, 1.165) is 0 Å². The second-order valence-electron chi connectivity index (χ2n) is 4.23. The van der Waals surface area contributed by atoms with E-state index in [2.05, 4.69) is 26.2 Å². The number of anilines is 1. The molecule has 7 heteroatoms. The maximum absolute atomic E-state index is 12.1. The molecule has 0 aliphatic carbocycles. The van der Waals surface area contributed by atoms with Gasteiger partial charge in [0.05, 0.1) is 0 Å². The van der Waals surface area contributed by atoms with Crippen LogP contribution in [-0.2, 0) is 4.79 Å². The van der Waals surface area contributed by atoms with E-state index in [9.17, 15) is 9.59 Å². The van der Waals surface area contributed by atoms with Crippen LogP contribution in [0.5, 0.6) is 0 Å². The van der Waals surface area contributed by atoms with Crippen molar-refractivity contribution in [2.24, 2.45) is 0 Å². The summed E-state index contributed by atoms with van der Waals surface area (Å²) in [6, 6.07) is 0.911. The van der Waals surface area contributed by atoms with Crippen LogP contribution in [0.4, 0.5) is 5.82 Å². The van der Waals surface area contributed by atoms with Crippen molar-refractivity contribution in [3.8, 4) is 0 Å². The van der Waals surface area contributed by atoms with Crippen LogP contribution in [0.1, 0.15) is 31.1 Å². The Morgan fingerprint density at radius 1 is 1.45 bits per heavy atom. The number of aromatic nitrogens is 1. The average molecular weight is 344 g/mol. The van der Waals surface area contributed by atoms with E-state index in [1.54, 1.807) is 11.8 Å². The lowest BCUT2D eigenvalue weighted by Crippen LogP contribution is -2.41. The highest BCUT2D eigenvalue weighted by Crippen LogP contribution is 2.19. The molecule has 0 fully saturated rings. The summed E-state index contributed by atoms with van der Waals surface area (Å²) in [7, 11) is 0. The number of amides is 1. The highest BCUT2D eigenvalue weighted by Gasteiger charge is 2.21. The Bertz CT molecular complexity index is 504. The molecule has 1 atom stereocenters. The number of carbonyl (C=O) groups is 2. The molecular formula is C13H18BrN3O3. The molecule has 1 aromatic rings. The number of carboxylic acids is 1. The number of nitrogens with one attached hydrogen (secondary N) is 1. The lowest BCUT2D eigenvalue weighted by molar-refractivity contribution is -0.131. The Labute approximate surface area is 126 Å². The van der Waals surface area contributed by atoms with Gasteiger partial charge in [0, 0.05) is 23.8 Å². The monoisotopic (exact) mass is 343 g/mol. The molecule has 1 aromatic heterocycles. The van der Waals surface area contributed by atoms with Gasteiger partial charge in [-0.15, -0.1) is 0 Å². The summed E-state index contributed by atoms with van der Waals surface area (Å²) in [5.74, 6) is -0.992. The summed E-state index contributed by atoms with van der Waals surface area (Å²) in [6.45, 7) is 6.71. The van der Waals surface area contributed by atoms with Crippen LogP contribution >= 0.6 is 15.9 Å². The predicted octanol–water partition coefficient (Wildman–Crippen LogP) is 2.21. The number of carbonyl (C=O) groups excluding carboxylic acids is 1. The van der Waals surface area contributed by atoms with Crippen molar-refractivity contribution in [1.82, 2.24) is 9.88 Å². The SMILES string of the molecule is CCN(CC)C(=O)C(C)Nc1ncc(Br)cc1C(=O)O. The minimum absolute atomic E-state index is 0.0265. The zero-order valence-electron chi connectivity index (χ0n) is 11.7. The molecule has 0 saturated carbocycles. The number of hydrogen-bond donors (Lipinski definition) is 2. The third-order valence-electron chi connectivity index (χ3n) is 2.88. The number of likely N-dealkylation sites (N-methyl/N-ethyl adjacent to an activating group) is 1. The minimum Gasteiger partial charge on any atom is -0.478 e. The topological polar surface area (TPSA) is 82.5 Å². The zero-order chi connectivity index (χ0) is 15.3. The maximum atomic E-state index is 12.1. The summed E-state index contributed by atoms with van der Waals surface area (Å²) in [6.07, 6.45) is 1.49. The second kappa shape index (κ2) is 7.23.